The molecule has 3 fully saturated rings. The molecule has 2 amide bonds. The number of nitrogens with one attached hydrogen (secondary N) is 1. The molecule has 3 aliphatic rings. The van der Waals surface area contributed by atoms with Gasteiger partial charge in [0.25, 0.3) is 0 Å². The summed E-state index contributed by atoms with van der Waals surface area (Å²) in [7, 11) is 0. The largest absolute Gasteiger partial charge is 0.356 e. The predicted octanol–water partition coefficient (Wildman–Crippen LogP) is 4.53. The molecule has 0 bridgehead atoms. The number of amides is 2. The Kier molecular flexibility index (Phi) is 6.17. The SMILES string of the molecule is O=C(NCCCc1ccncc1)C1CC12CCN(C(=O)C1(c3ccc(Cl)cc3)CCC1)CC2. The Labute approximate surface area is 200 Å². The lowest BCUT2D eigenvalue weighted by Gasteiger charge is -2.46. The quantitative estimate of drug-likeness (QED) is 0.611. The normalized spacial score (nSPS) is 22.5. The van der Waals surface area contributed by atoms with E-state index in [0.717, 1.165) is 70.0 Å². The summed E-state index contributed by atoms with van der Waals surface area (Å²) in [5, 5.41) is 3.85. The lowest BCUT2D eigenvalue weighted by Crippen LogP contribution is -2.53. The van der Waals surface area contributed by atoms with E-state index in [-0.39, 0.29) is 28.6 Å². The third kappa shape index (κ3) is 4.40. The fourth-order valence-electron chi connectivity index (χ4n) is 5.83. The van der Waals surface area contributed by atoms with Crippen LogP contribution in [0.4, 0.5) is 0 Å². The Hall–Kier alpha value is -2.40. The number of nitrogens with zero attached hydrogens (tertiary/aromatic N) is 2. The predicted molar refractivity (Wildman–Crippen MR) is 129 cm³/mol. The summed E-state index contributed by atoms with van der Waals surface area (Å²) in [6.45, 7) is 2.24. The smallest absolute Gasteiger partial charge is 0.233 e. The molecule has 5 rings (SSSR count). The number of aromatic nitrogens is 1. The molecule has 1 unspecified atom stereocenters. The van der Waals surface area contributed by atoms with Crippen LogP contribution in [0.25, 0.3) is 0 Å². The summed E-state index contributed by atoms with van der Waals surface area (Å²) < 4.78 is 0. The highest BCUT2D eigenvalue weighted by atomic mass is 35.5. The van der Waals surface area contributed by atoms with E-state index >= 15 is 0 Å². The van der Waals surface area contributed by atoms with Crippen LogP contribution in [0.3, 0.4) is 0 Å². The number of carbonyl (C=O) groups excluding carboxylic acids is 2. The number of carbonyl (C=O) groups is 2. The van der Waals surface area contributed by atoms with Crippen molar-refractivity contribution in [3.8, 4) is 0 Å². The van der Waals surface area contributed by atoms with Crippen molar-refractivity contribution < 1.29 is 9.59 Å². The van der Waals surface area contributed by atoms with E-state index in [4.69, 9.17) is 11.6 Å². The van der Waals surface area contributed by atoms with Crippen LogP contribution in [0.1, 0.15) is 56.1 Å². The number of likely N-dealkylation sites (tertiary alicyclic amines) is 1. The standard InChI is InChI=1S/C27H32ClN3O2/c28-22-6-4-21(5-7-22)27(10-2-11-27)25(33)31-17-12-26(13-18-31)19-23(26)24(32)30-14-1-3-20-8-15-29-16-9-20/h4-9,15-16,23H,1-3,10-14,17-19H2,(H,30,32). The van der Waals surface area contributed by atoms with Crippen molar-refractivity contribution >= 4 is 23.4 Å². The molecule has 33 heavy (non-hydrogen) atoms. The summed E-state index contributed by atoms with van der Waals surface area (Å²) in [6.07, 6.45) is 11.3. The summed E-state index contributed by atoms with van der Waals surface area (Å²) >= 11 is 6.07. The topological polar surface area (TPSA) is 62.3 Å². The molecule has 2 aliphatic carbocycles. The third-order valence-electron chi connectivity index (χ3n) is 8.26. The number of hydrogen-bond donors (Lipinski definition) is 1. The highest BCUT2D eigenvalue weighted by Gasteiger charge is 2.59. The van der Waals surface area contributed by atoms with Crippen LogP contribution >= 0.6 is 11.6 Å². The van der Waals surface area contributed by atoms with E-state index in [9.17, 15) is 9.59 Å². The number of benzene rings is 1. The molecule has 174 valence electrons. The molecule has 2 heterocycles. The van der Waals surface area contributed by atoms with Crippen molar-refractivity contribution in [1.82, 2.24) is 15.2 Å². The molecule has 2 saturated carbocycles. The van der Waals surface area contributed by atoms with Crippen LogP contribution in [-0.2, 0) is 21.4 Å². The van der Waals surface area contributed by atoms with E-state index in [0.29, 0.717) is 11.6 Å². The molecule has 5 nitrogen and oxygen atoms in total. The van der Waals surface area contributed by atoms with Gasteiger partial charge in [-0.05, 0) is 85.8 Å². The lowest BCUT2D eigenvalue weighted by molar-refractivity contribution is -0.142. The molecule has 1 atom stereocenters. The maximum Gasteiger partial charge on any atom is 0.233 e. The van der Waals surface area contributed by atoms with Gasteiger partial charge in [-0.15, -0.1) is 0 Å². The zero-order valence-electron chi connectivity index (χ0n) is 19.1. The minimum Gasteiger partial charge on any atom is -0.356 e. The van der Waals surface area contributed by atoms with Crippen LogP contribution in [0.2, 0.25) is 5.02 Å². The first-order valence-corrected chi connectivity index (χ1v) is 12.6. The zero-order chi connectivity index (χ0) is 22.9. The van der Waals surface area contributed by atoms with Crippen LogP contribution in [-0.4, -0.2) is 41.3 Å². The Morgan fingerprint density at radius 3 is 2.36 bits per heavy atom. The minimum absolute atomic E-state index is 0.110. The first-order chi connectivity index (χ1) is 16.0. The van der Waals surface area contributed by atoms with Gasteiger partial charge in [-0.3, -0.25) is 14.6 Å². The van der Waals surface area contributed by atoms with Crippen molar-refractivity contribution in [3.05, 3.63) is 64.9 Å². The van der Waals surface area contributed by atoms with Gasteiger partial charge in [0.2, 0.25) is 11.8 Å². The Morgan fingerprint density at radius 2 is 1.73 bits per heavy atom. The summed E-state index contributed by atoms with van der Waals surface area (Å²) in [5.74, 6) is 0.578. The Balaban J connectivity index is 1.10. The van der Waals surface area contributed by atoms with Gasteiger partial charge >= 0.3 is 0 Å². The molecular weight excluding hydrogens is 434 g/mol. The molecule has 1 N–H and O–H groups in total. The molecule has 1 aromatic carbocycles. The van der Waals surface area contributed by atoms with Crippen LogP contribution in [0.15, 0.2) is 48.8 Å². The first kappa shape index (κ1) is 22.4. The van der Waals surface area contributed by atoms with Gasteiger partial charge in [-0.25, -0.2) is 0 Å². The Morgan fingerprint density at radius 1 is 1.03 bits per heavy atom. The number of aryl methyl sites for hydroxylation is 1. The van der Waals surface area contributed by atoms with E-state index in [1.165, 1.54) is 5.56 Å². The fourth-order valence-corrected chi connectivity index (χ4v) is 5.96. The number of piperidine rings is 1. The average molecular weight is 466 g/mol. The van der Waals surface area contributed by atoms with Crippen molar-refractivity contribution in [3.63, 3.8) is 0 Å². The summed E-state index contributed by atoms with van der Waals surface area (Å²) in [5.41, 5.74) is 2.09. The van der Waals surface area contributed by atoms with Crippen LogP contribution < -0.4 is 5.32 Å². The highest BCUT2D eigenvalue weighted by molar-refractivity contribution is 6.30. The Bertz CT molecular complexity index is 996. The minimum atomic E-state index is -0.371. The fraction of sp³-hybridized carbons (Fsp3) is 0.519. The van der Waals surface area contributed by atoms with Gasteiger partial charge < -0.3 is 10.2 Å². The van der Waals surface area contributed by atoms with Gasteiger partial charge in [0.15, 0.2) is 0 Å². The average Bonchev–Trinajstić information content (AvgIpc) is 3.51. The molecule has 6 heteroatoms. The maximum atomic E-state index is 13.5. The van der Waals surface area contributed by atoms with Crippen molar-refractivity contribution in [1.29, 1.82) is 0 Å². The van der Waals surface area contributed by atoms with Gasteiger partial charge in [0.05, 0.1) is 5.41 Å². The van der Waals surface area contributed by atoms with Crippen molar-refractivity contribution in [2.45, 2.75) is 56.8 Å². The van der Waals surface area contributed by atoms with Gasteiger partial charge in [-0.2, -0.15) is 0 Å². The second kappa shape index (κ2) is 9.09. The van der Waals surface area contributed by atoms with Gasteiger partial charge in [0, 0.05) is 43.0 Å². The number of halogens is 1. The maximum absolute atomic E-state index is 13.5. The first-order valence-electron chi connectivity index (χ1n) is 12.2. The summed E-state index contributed by atoms with van der Waals surface area (Å²) in [6, 6.07) is 11.8. The molecular formula is C27H32ClN3O2. The molecule has 1 saturated heterocycles. The van der Waals surface area contributed by atoms with E-state index in [1.807, 2.05) is 36.4 Å². The monoisotopic (exact) mass is 465 g/mol. The number of rotatable bonds is 7. The zero-order valence-corrected chi connectivity index (χ0v) is 19.8. The number of pyridine rings is 1. The van der Waals surface area contributed by atoms with E-state index < -0.39 is 0 Å². The van der Waals surface area contributed by atoms with Gasteiger partial charge in [-0.1, -0.05) is 30.2 Å². The molecule has 1 aromatic heterocycles. The highest BCUT2D eigenvalue weighted by Crippen LogP contribution is 2.60. The molecule has 2 aromatic rings. The summed E-state index contributed by atoms with van der Waals surface area (Å²) in [4.78, 5) is 32.4. The second-order valence-corrected chi connectivity index (χ2v) is 10.5. The number of hydrogen-bond acceptors (Lipinski definition) is 3. The van der Waals surface area contributed by atoms with Crippen LogP contribution in [0.5, 0.6) is 0 Å². The van der Waals surface area contributed by atoms with Gasteiger partial charge in [0.1, 0.15) is 0 Å². The van der Waals surface area contributed by atoms with Crippen LogP contribution in [0, 0.1) is 11.3 Å². The van der Waals surface area contributed by atoms with E-state index in [2.05, 4.69) is 15.2 Å². The lowest BCUT2D eigenvalue weighted by atomic mass is 9.63. The van der Waals surface area contributed by atoms with Crippen molar-refractivity contribution in [2.24, 2.45) is 11.3 Å². The third-order valence-corrected chi connectivity index (χ3v) is 8.51. The molecule has 1 aliphatic heterocycles. The molecule has 1 spiro atoms. The molecule has 0 radical (unpaired) electrons. The second-order valence-electron chi connectivity index (χ2n) is 10.1. The van der Waals surface area contributed by atoms with Crippen molar-refractivity contribution in [2.75, 3.05) is 19.6 Å². The van der Waals surface area contributed by atoms with E-state index in [1.54, 1.807) is 12.4 Å².